The molecule has 1 N–H and O–H groups in total. The topological polar surface area (TPSA) is 38.3 Å². The molecule has 0 aliphatic heterocycles. The molecule has 0 spiro atoms. The Labute approximate surface area is 262 Å². The van der Waals surface area contributed by atoms with Crippen molar-refractivity contribution in [2.24, 2.45) is 0 Å². The summed E-state index contributed by atoms with van der Waals surface area (Å²) in [6.07, 6.45) is 23.3. The van der Waals surface area contributed by atoms with Crippen molar-refractivity contribution < 1.29 is 8.58 Å². The molecule has 1 amide bonds. The number of amides is 1. The lowest BCUT2D eigenvalue weighted by molar-refractivity contribution is -0.121. The van der Waals surface area contributed by atoms with Crippen LogP contribution in [-0.2, 0) is 22.0 Å². The van der Waals surface area contributed by atoms with Gasteiger partial charge in [0.2, 0.25) is 5.91 Å². The van der Waals surface area contributed by atoms with Crippen LogP contribution in [0.1, 0.15) is 181 Å². The van der Waals surface area contributed by atoms with Crippen molar-refractivity contribution in [1.82, 2.24) is 5.32 Å². The zero-order valence-electron chi connectivity index (χ0n) is 28.7. The number of hydrogen-bond donors (Lipinski definition) is 1. The Kier molecular flexibility index (Phi) is 20.1. The molecule has 0 saturated carbocycles. The average Bonchev–Trinajstić information content (AvgIpc) is 2.91. The normalized spacial score (nSPS) is 12.0. The van der Waals surface area contributed by atoms with Gasteiger partial charge in [-0.05, 0) is 40.4 Å². The monoisotopic (exact) mass is 584 g/mol. The number of nitrogens with one attached hydrogen (secondary N) is 1. The molecule has 0 fully saturated rings. The Morgan fingerprint density at radius 3 is 1.49 bits per heavy atom. The quantitative estimate of drug-likeness (QED) is 0.103. The second-order valence-electron chi connectivity index (χ2n) is 14.4. The van der Waals surface area contributed by atoms with E-state index in [4.69, 9.17) is 3.79 Å². The highest BCUT2D eigenvalue weighted by Gasteiger charge is 2.27. The minimum absolute atomic E-state index is 0.00593. The van der Waals surface area contributed by atoms with Crippen LogP contribution in [0.15, 0.2) is 12.1 Å². The van der Waals surface area contributed by atoms with Crippen LogP contribution in [0.25, 0.3) is 0 Å². The van der Waals surface area contributed by atoms with E-state index in [0.717, 1.165) is 30.4 Å². The Bertz CT molecular complexity index is 786. The molecular weight excluding hydrogens is 517 g/mol. The number of rotatable bonds is 23. The first kappa shape index (κ1) is 38.0. The van der Waals surface area contributed by atoms with E-state index >= 15 is 0 Å². The Morgan fingerprint density at radius 1 is 0.683 bits per heavy atom. The van der Waals surface area contributed by atoms with Crippen molar-refractivity contribution in [3.05, 3.63) is 28.8 Å². The number of aryl methyl sites for hydroxylation is 1. The Hall–Kier alpha value is -0.978. The van der Waals surface area contributed by atoms with Gasteiger partial charge in [0.15, 0.2) is 0 Å². The molecular formula is C37H67AlNO2. The second kappa shape index (κ2) is 21.7. The molecule has 0 heterocycles. The number of hydrogen-bond acceptors (Lipinski definition) is 2. The van der Waals surface area contributed by atoms with E-state index < -0.39 is 0 Å². The molecule has 235 valence electrons. The summed E-state index contributed by atoms with van der Waals surface area (Å²) in [4.78, 5) is 12.6. The maximum atomic E-state index is 12.6. The third-order valence-corrected chi connectivity index (χ3v) is 8.86. The molecule has 0 saturated heterocycles. The van der Waals surface area contributed by atoms with Crippen LogP contribution in [-0.4, -0.2) is 28.0 Å². The van der Waals surface area contributed by atoms with Gasteiger partial charge in [-0.2, -0.15) is 0 Å². The van der Waals surface area contributed by atoms with Crippen molar-refractivity contribution in [3.8, 4) is 5.75 Å². The second-order valence-corrected chi connectivity index (χ2v) is 15.8. The molecule has 1 radical (unpaired) electrons. The lowest BCUT2D eigenvalue weighted by atomic mass is 9.78. The third-order valence-electron chi connectivity index (χ3n) is 8.13. The van der Waals surface area contributed by atoms with E-state index in [0.29, 0.717) is 6.42 Å². The van der Waals surface area contributed by atoms with Crippen molar-refractivity contribution in [2.75, 3.05) is 6.54 Å². The van der Waals surface area contributed by atoms with Crippen LogP contribution in [0.5, 0.6) is 5.75 Å². The fourth-order valence-corrected chi connectivity index (χ4v) is 6.08. The summed E-state index contributed by atoms with van der Waals surface area (Å²) in [6, 6.07) is 4.59. The SMILES string of the molecule is CCCCCCCCCCCCCCCCCCNC(=O)CCc1cc(C(C)(C)C)c([O][Al][CH2]C)c(C(C)(C)C)c1. The van der Waals surface area contributed by atoms with Gasteiger partial charge in [0, 0.05) is 13.0 Å². The average molecular weight is 585 g/mol. The number of carbonyl (C=O) groups excluding carboxylic acids is 1. The van der Waals surface area contributed by atoms with Crippen LogP contribution >= 0.6 is 0 Å². The molecule has 1 rings (SSSR count). The zero-order chi connectivity index (χ0) is 30.6. The van der Waals surface area contributed by atoms with Crippen LogP contribution in [0.4, 0.5) is 0 Å². The van der Waals surface area contributed by atoms with Gasteiger partial charge in [0.05, 0.1) is 5.75 Å². The molecule has 0 bridgehead atoms. The predicted molar refractivity (Wildman–Crippen MR) is 182 cm³/mol. The molecule has 0 aliphatic rings. The molecule has 0 unspecified atom stereocenters. The summed E-state index contributed by atoms with van der Waals surface area (Å²) in [6.45, 7) is 18.9. The molecule has 41 heavy (non-hydrogen) atoms. The summed E-state index contributed by atoms with van der Waals surface area (Å²) in [5, 5.41) is 4.25. The first-order valence-corrected chi connectivity index (χ1v) is 18.7. The first-order valence-electron chi connectivity index (χ1n) is 17.4. The van der Waals surface area contributed by atoms with E-state index in [2.05, 4.69) is 72.8 Å². The highest BCUT2D eigenvalue weighted by molar-refractivity contribution is 6.28. The zero-order valence-corrected chi connectivity index (χ0v) is 29.8. The van der Waals surface area contributed by atoms with Crippen LogP contribution in [0.3, 0.4) is 0 Å². The van der Waals surface area contributed by atoms with Crippen molar-refractivity contribution >= 4 is 21.5 Å². The van der Waals surface area contributed by atoms with Gasteiger partial charge in [-0.25, -0.2) is 0 Å². The molecule has 3 nitrogen and oxygen atoms in total. The molecule has 1 aromatic carbocycles. The lowest BCUT2D eigenvalue weighted by Crippen LogP contribution is -2.25. The van der Waals surface area contributed by atoms with Crippen molar-refractivity contribution in [1.29, 1.82) is 0 Å². The highest BCUT2D eigenvalue weighted by atomic mass is 27.1. The van der Waals surface area contributed by atoms with E-state index in [9.17, 15) is 4.79 Å². The van der Waals surface area contributed by atoms with Crippen molar-refractivity contribution in [3.63, 3.8) is 0 Å². The fraction of sp³-hybridized carbons (Fsp3) is 0.811. The first-order chi connectivity index (χ1) is 19.5. The molecule has 0 aliphatic carbocycles. The number of benzene rings is 1. The number of unbranched alkanes of at least 4 members (excludes halogenated alkanes) is 15. The number of carbonyl (C=O) groups is 1. The van der Waals surface area contributed by atoms with Gasteiger partial charge in [0.1, 0.15) is 0 Å². The van der Waals surface area contributed by atoms with E-state index in [-0.39, 0.29) is 32.3 Å². The van der Waals surface area contributed by atoms with E-state index in [1.807, 2.05) is 0 Å². The summed E-state index contributed by atoms with van der Waals surface area (Å²) in [5.41, 5.74) is 3.78. The summed E-state index contributed by atoms with van der Waals surface area (Å²) < 4.78 is 6.40. The minimum atomic E-state index is -0.0473. The smallest absolute Gasteiger partial charge is 0.523 e. The largest absolute Gasteiger partial charge is 0.647 e. The van der Waals surface area contributed by atoms with Gasteiger partial charge >= 0.3 is 15.6 Å². The molecule has 0 aromatic heterocycles. The van der Waals surface area contributed by atoms with Crippen LogP contribution in [0, 0.1) is 0 Å². The van der Waals surface area contributed by atoms with E-state index in [1.54, 1.807) is 0 Å². The minimum Gasteiger partial charge on any atom is -0.647 e. The molecule has 0 atom stereocenters. The van der Waals surface area contributed by atoms with Crippen LogP contribution in [0.2, 0.25) is 5.28 Å². The Balaban J connectivity index is 2.26. The lowest BCUT2D eigenvalue weighted by Gasteiger charge is -2.31. The highest BCUT2D eigenvalue weighted by Crippen LogP contribution is 2.41. The maximum absolute atomic E-state index is 12.6. The summed E-state index contributed by atoms with van der Waals surface area (Å²) in [5.74, 6) is 1.26. The molecule has 4 heteroatoms. The molecule has 1 aromatic rings. The van der Waals surface area contributed by atoms with Crippen molar-refractivity contribution in [2.45, 2.75) is 187 Å². The van der Waals surface area contributed by atoms with E-state index in [1.165, 1.54) is 113 Å². The third kappa shape index (κ3) is 17.7. The fourth-order valence-electron chi connectivity index (χ4n) is 5.49. The standard InChI is InChI=1S/C35H63NO2.C2H5.Al/c1-8-9-10-11-12-13-14-15-16-17-18-19-20-21-22-23-26-36-32(37)25-24-29-27-30(34(2,3)4)33(38)31(28-29)35(5,6)7;1-2;/h27-28,38H,8-26H2,1-7H3,(H,36,37);1H2,2H3;/q;;+1/p-1. The van der Waals surface area contributed by atoms with Gasteiger partial charge in [-0.15, -0.1) is 0 Å². The van der Waals surface area contributed by atoms with Gasteiger partial charge in [-0.1, -0.05) is 169 Å². The predicted octanol–water partition coefficient (Wildman–Crippen LogP) is 11.0. The Morgan fingerprint density at radius 2 is 1.10 bits per heavy atom. The van der Waals surface area contributed by atoms with Gasteiger partial charge in [0.25, 0.3) is 0 Å². The maximum Gasteiger partial charge on any atom is 0.523 e. The van der Waals surface area contributed by atoms with Gasteiger partial charge < -0.3 is 9.11 Å². The summed E-state index contributed by atoms with van der Waals surface area (Å²) in [7, 11) is 0. The van der Waals surface area contributed by atoms with Crippen LogP contribution < -0.4 is 9.11 Å². The van der Waals surface area contributed by atoms with Gasteiger partial charge in [-0.3, -0.25) is 4.79 Å². The summed E-state index contributed by atoms with van der Waals surface area (Å²) >= 11 is -0.0473.